The van der Waals surface area contributed by atoms with Gasteiger partial charge in [0.25, 0.3) is 10.1 Å². The van der Waals surface area contributed by atoms with Crippen molar-refractivity contribution < 1.29 is 22.1 Å². The van der Waals surface area contributed by atoms with Gasteiger partial charge in [-0.25, -0.2) is 0 Å². The molecule has 1 aromatic rings. The van der Waals surface area contributed by atoms with Gasteiger partial charge >= 0.3 is 0 Å². The maximum atomic E-state index is 11.2. The zero-order chi connectivity index (χ0) is 15.5. The molecule has 0 N–H and O–H groups in total. The number of benzene rings is 1. The van der Waals surface area contributed by atoms with Crippen LogP contribution in [0.2, 0.25) is 0 Å². The Balaban J connectivity index is 2.22. The molecule has 1 aliphatic rings. The van der Waals surface area contributed by atoms with Gasteiger partial charge in [-0.1, -0.05) is 6.42 Å². The molecular weight excluding hydrogens is 292 g/mol. The van der Waals surface area contributed by atoms with E-state index in [0.717, 1.165) is 42.6 Å². The van der Waals surface area contributed by atoms with E-state index in [9.17, 15) is 8.42 Å². The molecule has 6 heteroatoms. The van der Waals surface area contributed by atoms with Crippen molar-refractivity contribution in [3.63, 3.8) is 0 Å². The van der Waals surface area contributed by atoms with Crippen molar-refractivity contribution in [2.24, 2.45) is 5.92 Å². The highest BCUT2D eigenvalue weighted by Crippen LogP contribution is 2.44. The first-order valence-corrected chi connectivity index (χ1v) is 8.82. The molecular formula is C15H22O5S. The van der Waals surface area contributed by atoms with Crippen LogP contribution in [0.4, 0.5) is 0 Å². The Morgan fingerprint density at radius 1 is 1.19 bits per heavy atom. The van der Waals surface area contributed by atoms with Gasteiger partial charge in [-0.15, -0.1) is 0 Å². The molecule has 0 bridgehead atoms. The minimum atomic E-state index is -3.40. The third-order valence-corrected chi connectivity index (χ3v) is 4.56. The molecule has 1 aliphatic carbocycles. The third-order valence-electron chi connectivity index (χ3n) is 3.99. The molecule has 0 radical (unpaired) electrons. The summed E-state index contributed by atoms with van der Waals surface area (Å²) >= 11 is 0. The Bertz CT molecular complexity index is 582. The zero-order valence-electron chi connectivity index (χ0n) is 12.7. The van der Waals surface area contributed by atoms with E-state index < -0.39 is 10.1 Å². The summed E-state index contributed by atoms with van der Waals surface area (Å²) in [4.78, 5) is 0. The molecule has 2 rings (SSSR count). The Morgan fingerprint density at radius 2 is 1.95 bits per heavy atom. The van der Waals surface area contributed by atoms with Crippen molar-refractivity contribution in [3.8, 4) is 11.5 Å². The van der Waals surface area contributed by atoms with Crippen LogP contribution in [-0.2, 0) is 14.3 Å². The van der Waals surface area contributed by atoms with E-state index in [1.165, 1.54) is 0 Å². The molecule has 0 aromatic heterocycles. The lowest BCUT2D eigenvalue weighted by atomic mass is 9.88. The summed E-state index contributed by atoms with van der Waals surface area (Å²) in [5.74, 6) is 2.00. The Kier molecular flexibility index (Phi) is 5.11. The van der Waals surface area contributed by atoms with Gasteiger partial charge in [0.1, 0.15) is 11.5 Å². The van der Waals surface area contributed by atoms with E-state index in [2.05, 4.69) is 0 Å². The SMILES string of the molecule is COc1ccc(OC)c(C2CCCC2COS(C)(=O)=O)c1. The van der Waals surface area contributed by atoms with E-state index in [1.807, 2.05) is 18.2 Å². The zero-order valence-corrected chi connectivity index (χ0v) is 13.5. The van der Waals surface area contributed by atoms with E-state index >= 15 is 0 Å². The fraction of sp³-hybridized carbons (Fsp3) is 0.600. The summed E-state index contributed by atoms with van der Waals surface area (Å²) in [6, 6.07) is 5.72. The van der Waals surface area contributed by atoms with Gasteiger partial charge in [0.05, 0.1) is 27.1 Å². The minimum absolute atomic E-state index is 0.181. The molecule has 0 spiro atoms. The lowest BCUT2D eigenvalue weighted by Crippen LogP contribution is -2.17. The Morgan fingerprint density at radius 3 is 2.57 bits per heavy atom. The van der Waals surface area contributed by atoms with E-state index in [1.54, 1.807) is 14.2 Å². The van der Waals surface area contributed by atoms with Crippen LogP contribution in [0.15, 0.2) is 18.2 Å². The second-order valence-corrected chi connectivity index (χ2v) is 7.04. The van der Waals surface area contributed by atoms with Crippen molar-refractivity contribution >= 4 is 10.1 Å². The molecule has 0 heterocycles. The Labute approximate surface area is 126 Å². The van der Waals surface area contributed by atoms with Crippen LogP contribution in [0.25, 0.3) is 0 Å². The quantitative estimate of drug-likeness (QED) is 0.755. The van der Waals surface area contributed by atoms with Crippen molar-refractivity contribution in [2.45, 2.75) is 25.2 Å². The van der Waals surface area contributed by atoms with E-state index in [4.69, 9.17) is 13.7 Å². The number of hydrogen-bond donors (Lipinski definition) is 0. The average Bonchev–Trinajstić information content (AvgIpc) is 2.92. The first-order chi connectivity index (χ1) is 9.94. The van der Waals surface area contributed by atoms with Gasteiger partial charge in [-0.05, 0) is 42.9 Å². The largest absolute Gasteiger partial charge is 0.497 e. The predicted octanol–water partition coefficient (Wildman–Crippen LogP) is 2.56. The number of hydrogen-bond acceptors (Lipinski definition) is 5. The normalized spacial score (nSPS) is 22.2. The summed E-state index contributed by atoms with van der Waals surface area (Å²) < 4.78 is 38.1. The van der Waals surface area contributed by atoms with Gasteiger partial charge in [0.2, 0.25) is 0 Å². The van der Waals surface area contributed by atoms with Gasteiger partial charge in [0.15, 0.2) is 0 Å². The van der Waals surface area contributed by atoms with Crippen molar-refractivity contribution in [3.05, 3.63) is 23.8 Å². The van der Waals surface area contributed by atoms with Crippen molar-refractivity contribution in [1.29, 1.82) is 0 Å². The van der Waals surface area contributed by atoms with E-state index in [0.29, 0.717) is 0 Å². The van der Waals surface area contributed by atoms with Gasteiger partial charge in [0, 0.05) is 5.56 Å². The third kappa shape index (κ3) is 4.11. The number of rotatable bonds is 6. The average molecular weight is 314 g/mol. The summed E-state index contributed by atoms with van der Waals surface area (Å²) in [6.45, 7) is 0.226. The topological polar surface area (TPSA) is 61.8 Å². The molecule has 1 aromatic carbocycles. The molecule has 1 saturated carbocycles. The summed E-state index contributed by atoms with van der Waals surface area (Å²) in [5, 5.41) is 0. The maximum Gasteiger partial charge on any atom is 0.264 e. The fourth-order valence-electron chi connectivity index (χ4n) is 2.99. The highest BCUT2D eigenvalue weighted by atomic mass is 32.2. The van der Waals surface area contributed by atoms with Crippen molar-refractivity contribution in [2.75, 3.05) is 27.1 Å². The first-order valence-electron chi connectivity index (χ1n) is 7.01. The van der Waals surface area contributed by atoms with Crippen LogP contribution in [-0.4, -0.2) is 35.5 Å². The second kappa shape index (κ2) is 6.66. The lowest BCUT2D eigenvalue weighted by molar-refractivity contribution is 0.244. The second-order valence-electron chi connectivity index (χ2n) is 5.39. The summed E-state index contributed by atoms with van der Waals surface area (Å²) in [5.41, 5.74) is 1.07. The highest BCUT2D eigenvalue weighted by molar-refractivity contribution is 7.85. The first kappa shape index (κ1) is 16.1. The predicted molar refractivity (Wildman–Crippen MR) is 80.4 cm³/mol. The van der Waals surface area contributed by atoms with Crippen LogP contribution >= 0.6 is 0 Å². The van der Waals surface area contributed by atoms with Gasteiger partial charge < -0.3 is 9.47 Å². The Hall–Kier alpha value is -1.27. The monoisotopic (exact) mass is 314 g/mol. The van der Waals surface area contributed by atoms with Gasteiger partial charge in [-0.2, -0.15) is 8.42 Å². The highest BCUT2D eigenvalue weighted by Gasteiger charge is 2.32. The molecule has 21 heavy (non-hydrogen) atoms. The van der Waals surface area contributed by atoms with Crippen LogP contribution in [0.5, 0.6) is 11.5 Å². The van der Waals surface area contributed by atoms with Crippen molar-refractivity contribution in [1.82, 2.24) is 0 Å². The molecule has 5 nitrogen and oxygen atoms in total. The minimum Gasteiger partial charge on any atom is -0.497 e. The standard InChI is InChI=1S/C15H22O5S/c1-18-12-7-8-15(19-2)14(9-12)13-6-4-5-11(13)10-20-21(3,16)17/h7-9,11,13H,4-6,10H2,1-3H3. The van der Waals surface area contributed by atoms with E-state index in [-0.39, 0.29) is 18.4 Å². The summed E-state index contributed by atoms with van der Waals surface area (Å²) in [6.07, 6.45) is 4.10. The molecule has 0 aliphatic heterocycles. The molecule has 118 valence electrons. The number of ether oxygens (including phenoxy) is 2. The van der Waals surface area contributed by atoms with Crippen LogP contribution < -0.4 is 9.47 Å². The van der Waals surface area contributed by atoms with Crippen LogP contribution in [0.3, 0.4) is 0 Å². The molecule has 1 fully saturated rings. The number of methoxy groups -OCH3 is 2. The molecule has 2 unspecified atom stereocenters. The molecule has 2 atom stereocenters. The lowest BCUT2D eigenvalue weighted by Gasteiger charge is -2.22. The smallest absolute Gasteiger partial charge is 0.264 e. The maximum absolute atomic E-state index is 11.2. The van der Waals surface area contributed by atoms with Crippen LogP contribution in [0, 0.1) is 5.92 Å². The van der Waals surface area contributed by atoms with Gasteiger partial charge in [-0.3, -0.25) is 4.18 Å². The summed E-state index contributed by atoms with van der Waals surface area (Å²) in [7, 11) is -0.131. The fourth-order valence-corrected chi connectivity index (χ4v) is 3.41. The van der Waals surface area contributed by atoms with Crippen LogP contribution in [0.1, 0.15) is 30.7 Å². The molecule has 0 saturated heterocycles. The molecule has 0 amide bonds.